The summed E-state index contributed by atoms with van der Waals surface area (Å²) in [5, 5.41) is 9.57. The number of hydrogen-bond donors (Lipinski definition) is 0. The Hall–Kier alpha value is -1.89. The number of allylic oxidation sites excluding steroid dienone is 3. The van der Waals surface area contributed by atoms with E-state index in [4.69, 9.17) is 4.74 Å². The lowest BCUT2D eigenvalue weighted by Crippen LogP contribution is -2.49. The van der Waals surface area contributed by atoms with E-state index in [9.17, 15) is 14.9 Å². The van der Waals surface area contributed by atoms with Crippen molar-refractivity contribution in [2.45, 2.75) is 72.1 Å². The van der Waals surface area contributed by atoms with Crippen molar-refractivity contribution in [1.29, 1.82) is 5.26 Å². The van der Waals surface area contributed by atoms with Gasteiger partial charge in [-0.1, -0.05) is 19.4 Å². The number of esters is 1. The van der Waals surface area contributed by atoms with Gasteiger partial charge < -0.3 is 4.74 Å². The van der Waals surface area contributed by atoms with Crippen molar-refractivity contribution in [3.8, 4) is 6.07 Å². The molecule has 0 spiro atoms. The van der Waals surface area contributed by atoms with Gasteiger partial charge in [0, 0.05) is 13.3 Å². The summed E-state index contributed by atoms with van der Waals surface area (Å²) in [4.78, 5) is 23.4. The molecule has 5 atom stereocenters. The van der Waals surface area contributed by atoms with Crippen LogP contribution < -0.4 is 0 Å². The maximum absolute atomic E-state index is 11.9. The van der Waals surface area contributed by atoms with Gasteiger partial charge in [0.15, 0.2) is 5.78 Å². The van der Waals surface area contributed by atoms with Crippen LogP contribution in [0, 0.1) is 39.9 Å². The molecule has 0 bridgehead atoms. The molecule has 0 N–H and O–H groups in total. The lowest BCUT2D eigenvalue weighted by atomic mass is 9.47. The van der Waals surface area contributed by atoms with Crippen LogP contribution in [0.25, 0.3) is 0 Å². The summed E-state index contributed by atoms with van der Waals surface area (Å²) in [7, 11) is 0. The molecule has 3 fully saturated rings. The fraction of sp³-hybridized carbons (Fsp3) is 0.696. The maximum atomic E-state index is 11.9. The van der Waals surface area contributed by atoms with Crippen LogP contribution in [0.15, 0.2) is 23.0 Å². The zero-order valence-corrected chi connectivity index (χ0v) is 16.6. The third kappa shape index (κ3) is 2.70. The number of nitriles is 1. The number of carbonyl (C=O) groups excluding carboxylic acids is 2. The van der Waals surface area contributed by atoms with E-state index in [-0.39, 0.29) is 16.6 Å². The highest BCUT2D eigenvalue weighted by Gasteiger charge is 2.58. The van der Waals surface area contributed by atoms with Crippen LogP contribution in [0.1, 0.15) is 72.1 Å². The Morgan fingerprint density at radius 2 is 1.85 bits per heavy atom. The first-order chi connectivity index (χ1) is 12.8. The summed E-state index contributed by atoms with van der Waals surface area (Å²) in [6.07, 6.45) is 9.89. The standard InChI is InChI=1S/C23H29NO3/c1-14(25)27-21(13-24)20-7-6-18-17-5-4-15-12-16(26)8-10-22(15,2)19(17)9-11-23(18,20)3/h12,17-19H,4-11H2,1-3H3/t17-,18-,19-,22-,23-/m0/s1. The molecule has 0 aromatic carbocycles. The van der Waals surface area contributed by atoms with Gasteiger partial charge in [-0.25, -0.2) is 0 Å². The van der Waals surface area contributed by atoms with Gasteiger partial charge in [-0.15, -0.1) is 0 Å². The summed E-state index contributed by atoms with van der Waals surface area (Å²) >= 11 is 0. The molecule has 0 amide bonds. The number of ether oxygens (including phenoxy) is 1. The van der Waals surface area contributed by atoms with Crippen molar-refractivity contribution in [3.05, 3.63) is 23.0 Å². The quantitative estimate of drug-likeness (QED) is 0.377. The molecule has 27 heavy (non-hydrogen) atoms. The maximum Gasteiger partial charge on any atom is 0.308 e. The Morgan fingerprint density at radius 1 is 1.11 bits per heavy atom. The van der Waals surface area contributed by atoms with Gasteiger partial charge in [-0.05, 0) is 85.2 Å². The first kappa shape index (κ1) is 18.5. The van der Waals surface area contributed by atoms with Crippen molar-refractivity contribution >= 4 is 11.8 Å². The van der Waals surface area contributed by atoms with Gasteiger partial charge in [0.2, 0.25) is 5.76 Å². The molecular formula is C23H29NO3. The largest absolute Gasteiger partial charge is 0.415 e. The number of nitrogens with zero attached hydrogens (tertiary/aromatic N) is 1. The lowest BCUT2D eigenvalue weighted by molar-refractivity contribution is -0.136. The Kier molecular flexibility index (Phi) is 4.33. The van der Waals surface area contributed by atoms with Crippen LogP contribution in [0.5, 0.6) is 0 Å². The highest BCUT2D eigenvalue weighted by molar-refractivity contribution is 5.91. The minimum Gasteiger partial charge on any atom is -0.415 e. The van der Waals surface area contributed by atoms with Gasteiger partial charge in [0.1, 0.15) is 6.07 Å². The van der Waals surface area contributed by atoms with E-state index in [1.165, 1.54) is 12.5 Å². The molecule has 4 nitrogen and oxygen atoms in total. The Bertz CT molecular complexity index is 801. The predicted molar refractivity (Wildman–Crippen MR) is 101 cm³/mol. The van der Waals surface area contributed by atoms with Gasteiger partial charge in [-0.2, -0.15) is 5.26 Å². The fourth-order valence-corrected chi connectivity index (χ4v) is 7.04. The number of carbonyl (C=O) groups is 2. The fourth-order valence-electron chi connectivity index (χ4n) is 7.04. The lowest BCUT2D eigenvalue weighted by Gasteiger charge is -2.57. The van der Waals surface area contributed by atoms with E-state index < -0.39 is 5.97 Å². The number of fused-ring (bicyclic) bond motifs is 5. The van der Waals surface area contributed by atoms with Gasteiger partial charge in [0.05, 0.1) is 0 Å². The van der Waals surface area contributed by atoms with Crippen molar-refractivity contribution in [2.24, 2.45) is 28.6 Å². The smallest absolute Gasteiger partial charge is 0.308 e. The molecule has 3 saturated carbocycles. The Labute approximate surface area is 161 Å². The normalized spacial score (nSPS) is 42.2. The molecule has 0 unspecified atom stereocenters. The van der Waals surface area contributed by atoms with Crippen molar-refractivity contribution < 1.29 is 14.3 Å². The molecule has 0 aliphatic heterocycles. The van der Waals surface area contributed by atoms with Gasteiger partial charge in [0.25, 0.3) is 0 Å². The van der Waals surface area contributed by atoms with E-state index in [1.807, 2.05) is 6.08 Å². The molecule has 0 radical (unpaired) electrons. The molecule has 4 aliphatic carbocycles. The second-order valence-corrected chi connectivity index (χ2v) is 9.48. The van der Waals surface area contributed by atoms with Crippen LogP contribution in [-0.2, 0) is 14.3 Å². The molecule has 0 saturated heterocycles. The van der Waals surface area contributed by atoms with Crippen LogP contribution in [-0.4, -0.2) is 11.8 Å². The molecule has 0 aromatic rings. The Balaban J connectivity index is 1.68. The molecule has 4 heteroatoms. The van der Waals surface area contributed by atoms with E-state index >= 15 is 0 Å². The number of hydrogen-bond acceptors (Lipinski definition) is 4. The summed E-state index contributed by atoms with van der Waals surface area (Å²) in [5.41, 5.74) is 2.58. The number of rotatable bonds is 1. The average Bonchev–Trinajstić information content (AvgIpc) is 2.97. The predicted octanol–water partition coefficient (Wildman–Crippen LogP) is 4.86. The average molecular weight is 367 g/mol. The van der Waals surface area contributed by atoms with Crippen LogP contribution in [0.2, 0.25) is 0 Å². The molecule has 4 rings (SSSR count). The van der Waals surface area contributed by atoms with E-state index in [2.05, 4.69) is 19.9 Å². The Morgan fingerprint density at radius 3 is 2.56 bits per heavy atom. The minimum absolute atomic E-state index is 0.0380. The van der Waals surface area contributed by atoms with E-state index in [0.717, 1.165) is 50.5 Å². The third-order valence-electron chi connectivity index (χ3n) is 8.37. The second-order valence-electron chi connectivity index (χ2n) is 9.48. The second kappa shape index (κ2) is 6.33. The summed E-state index contributed by atoms with van der Waals surface area (Å²) < 4.78 is 5.28. The van der Waals surface area contributed by atoms with Crippen molar-refractivity contribution in [1.82, 2.24) is 0 Å². The van der Waals surface area contributed by atoms with Gasteiger partial charge >= 0.3 is 5.97 Å². The number of ketones is 1. The van der Waals surface area contributed by atoms with Crippen LogP contribution >= 0.6 is 0 Å². The monoisotopic (exact) mass is 367 g/mol. The molecular weight excluding hydrogens is 338 g/mol. The highest BCUT2D eigenvalue weighted by atomic mass is 16.5. The first-order valence-corrected chi connectivity index (χ1v) is 10.4. The van der Waals surface area contributed by atoms with Crippen LogP contribution in [0.4, 0.5) is 0 Å². The SMILES string of the molecule is CC(=O)OC(C#N)=C1CC[C@H]2[C@@H]3CCC4=CC(=O)CC[C@]4(C)[C@H]3CC[C@]12C. The van der Waals surface area contributed by atoms with Gasteiger partial charge in [-0.3, -0.25) is 9.59 Å². The summed E-state index contributed by atoms with van der Waals surface area (Å²) in [5.74, 6) is 1.94. The topological polar surface area (TPSA) is 67.2 Å². The molecule has 144 valence electrons. The molecule has 4 aliphatic rings. The molecule has 0 heterocycles. The molecule has 0 aromatic heterocycles. The first-order valence-electron chi connectivity index (χ1n) is 10.4. The summed E-state index contributed by atoms with van der Waals surface area (Å²) in [6.45, 7) is 6.04. The van der Waals surface area contributed by atoms with E-state index in [1.54, 1.807) is 0 Å². The zero-order valence-electron chi connectivity index (χ0n) is 16.6. The van der Waals surface area contributed by atoms with E-state index in [0.29, 0.717) is 30.0 Å². The third-order valence-corrected chi connectivity index (χ3v) is 8.37. The summed E-state index contributed by atoms with van der Waals surface area (Å²) in [6, 6.07) is 2.15. The van der Waals surface area contributed by atoms with Crippen LogP contribution in [0.3, 0.4) is 0 Å². The zero-order chi connectivity index (χ0) is 19.4. The minimum atomic E-state index is -0.411. The van der Waals surface area contributed by atoms with Crippen molar-refractivity contribution in [3.63, 3.8) is 0 Å². The van der Waals surface area contributed by atoms with Crippen molar-refractivity contribution in [2.75, 3.05) is 0 Å². The highest BCUT2D eigenvalue weighted by Crippen LogP contribution is 2.66.